The molecule has 0 bridgehead atoms. The molecule has 0 N–H and O–H groups in total. The molecule has 2 heteroatoms. The van der Waals surface area contributed by atoms with Crippen molar-refractivity contribution in [2.75, 3.05) is 0 Å². The molecule has 0 aliphatic heterocycles. The molecule has 0 unspecified atom stereocenters. The number of rotatable bonds is 1. The summed E-state index contributed by atoms with van der Waals surface area (Å²) in [6.07, 6.45) is 0. The van der Waals surface area contributed by atoms with E-state index in [1.807, 2.05) is 24.3 Å². The molecule has 0 aliphatic rings. The van der Waals surface area contributed by atoms with Gasteiger partial charge in [0, 0.05) is 9.50 Å². The number of aryl methyl sites for hydroxylation is 2. The largest absolute Gasteiger partial charge is 0.0843 e. The molecule has 0 amide bonds. The molecule has 2 aromatic carbocycles. The third-order valence-electron chi connectivity index (χ3n) is 2.60. The second-order valence-corrected chi connectivity index (χ2v) is 5.08. The smallest absolute Gasteiger partial charge is 0.0409 e. The van der Waals surface area contributed by atoms with E-state index in [0.29, 0.717) is 0 Å². The van der Waals surface area contributed by atoms with E-state index in [4.69, 9.17) is 11.6 Å². The van der Waals surface area contributed by atoms with Crippen LogP contribution in [0.25, 0.3) is 11.1 Å². The van der Waals surface area contributed by atoms with Crippen LogP contribution in [-0.4, -0.2) is 0 Å². The van der Waals surface area contributed by atoms with Crippen molar-refractivity contribution in [1.29, 1.82) is 0 Å². The molecule has 0 spiro atoms. The third kappa shape index (κ3) is 2.16. The maximum absolute atomic E-state index is 5.96. The first-order valence-electron chi connectivity index (χ1n) is 5.03. The second kappa shape index (κ2) is 4.60. The van der Waals surface area contributed by atoms with E-state index in [0.717, 1.165) is 15.1 Å². The van der Waals surface area contributed by atoms with Crippen LogP contribution in [0.15, 0.2) is 34.8 Å². The first kappa shape index (κ1) is 11.7. The molecule has 0 fully saturated rings. The lowest BCUT2D eigenvalue weighted by Gasteiger charge is -2.11. The Morgan fingerprint density at radius 2 is 1.94 bits per heavy atom. The summed E-state index contributed by atoms with van der Waals surface area (Å²) in [5.74, 6) is 0. The molecule has 0 atom stereocenters. The summed E-state index contributed by atoms with van der Waals surface area (Å²) < 4.78 is 1.09. The molecule has 0 aliphatic carbocycles. The van der Waals surface area contributed by atoms with E-state index in [1.54, 1.807) is 0 Å². The highest BCUT2D eigenvalue weighted by Gasteiger charge is 2.09. The summed E-state index contributed by atoms with van der Waals surface area (Å²) in [5.41, 5.74) is 4.71. The Labute approximate surface area is 109 Å². The van der Waals surface area contributed by atoms with Crippen LogP contribution >= 0.6 is 27.5 Å². The lowest BCUT2D eigenvalue weighted by atomic mass is 9.97. The average Bonchev–Trinajstić information content (AvgIpc) is 2.20. The molecule has 2 rings (SSSR count). The van der Waals surface area contributed by atoms with E-state index in [9.17, 15) is 0 Å². The van der Waals surface area contributed by atoms with Crippen LogP contribution in [-0.2, 0) is 0 Å². The third-order valence-corrected chi connectivity index (χ3v) is 3.50. The van der Waals surface area contributed by atoms with Crippen LogP contribution in [0.3, 0.4) is 0 Å². The van der Waals surface area contributed by atoms with Gasteiger partial charge in [-0.05, 0) is 60.4 Å². The summed E-state index contributed by atoms with van der Waals surface area (Å²) in [5, 5.41) is 0.773. The zero-order valence-electron chi connectivity index (χ0n) is 9.14. The fraction of sp³-hybridized carbons (Fsp3) is 0.143. The van der Waals surface area contributed by atoms with Crippen molar-refractivity contribution < 1.29 is 0 Å². The van der Waals surface area contributed by atoms with Gasteiger partial charge in [-0.2, -0.15) is 0 Å². The first-order valence-corrected chi connectivity index (χ1v) is 6.20. The molecule has 1 radical (unpaired) electrons. The second-order valence-electron chi connectivity index (χ2n) is 3.78. The Bertz CT molecular complexity index is 512. The maximum atomic E-state index is 5.96. The summed E-state index contributed by atoms with van der Waals surface area (Å²) in [4.78, 5) is 0. The topological polar surface area (TPSA) is 0 Å². The highest BCUT2D eigenvalue weighted by Crippen LogP contribution is 2.34. The van der Waals surface area contributed by atoms with Crippen LogP contribution in [0.4, 0.5) is 0 Å². The van der Waals surface area contributed by atoms with Gasteiger partial charge in [-0.1, -0.05) is 39.7 Å². The highest BCUT2D eigenvalue weighted by atomic mass is 79.9. The highest BCUT2D eigenvalue weighted by molar-refractivity contribution is 9.10. The lowest BCUT2D eigenvalue weighted by Crippen LogP contribution is -1.88. The van der Waals surface area contributed by atoms with Crippen LogP contribution in [0, 0.1) is 19.9 Å². The van der Waals surface area contributed by atoms with Crippen molar-refractivity contribution in [2.24, 2.45) is 0 Å². The van der Waals surface area contributed by atoms with Crippen molar-refractivity contribution in [3.8, 4) is 11.1 Å². The summed E-state index contributed by atoms with van der Waals surface area (Å²) >= 11 is 9.55. The van der Waals surface area contributed by atoms with Gasteiger partial charge in [0.15, 0.2) is 0 Å². The van der Waals surface area contributed by atoms with Gasteiger partial charge in [0.05, 0.1) is 0 Å². The van der Waals surface area contributed by atoms with Crippen molar-refractivity contribution in [3.05, 3.63) is 57.0 Å². The van der Waals surface area contributed by atoms with Crippen molar-refractivity contribution >= 4 is 27.5 Å². The quantitative estimate of drug-likeness (QED) is 0.679. The Morgan fingerprint density at radius 1 is 1.19 bits per heavy atom. The van der Waals surface area contributed by atoms with Gasteiger partial charge < -0.3 is 0 Å². The molecule has 16 heavy (non-hydrogen) atoms. The molecule has 0 saturated carbocycles. The lowest BCUT2D eigenvalue weighted by molar-refractivity contribution is 1.39. The van der Waals surface area contributed by atoms with E-state index < -0.39 is 0 Å². The molecule has 0 nitrogen and oxygen atoms in total. The first-order chi connectivity index (χ1) is 7.59. The molecule has 0 aromatic heterocycles. The Hall–Kier alpha value is -0.790. The van der Waals surface area contributed by atoms with E-state index in [1.165, 1.54) is 16.7 Å². The summed E-state index contributed by atoms with van der Waals surface area (Å²) in [6, 6.07) is 13.1. The zero-order valence-corrected chi connectivity index (χ0v) is 11.5. The standard InChI is InChI=1S/C14H11BrCl/c1-9-4-3-5-13(15)14(9)12-7-6-11(16)8-10(12)2/h3,5-8H,1-2H3. The van der Waals surface area contributed by atoms with Crippen LogP contribution < -0.4 is 0 Å². The normalized spacial score (nSPS) is 10.5. The number of benzene rings is 2. The van der Waals surface area contributed by atoms with Crippen LogP contribution in [0.2, 0.25) is 5.02 Å². The fourth-order valence-corrected chi connectivity index (χ4v) is 2.68. The fourth-order valence-electron chi connectivity index (χ4n) is 1.81. The monoisotopic (exact) mass is 293 g/mol. The SMILES string of the molecule is Cc1[c]ccc(Br)c1-c1ccc(Cl)cc1C. The Balaban J connectivity index is 2.68. The average molecular weight is 295 g/mol. The molecule has 0 heterocycles. The van der Waals surface area contributed by atoms with Crippen molar-refractivity contribution in [2.45, 2.75) is 13.8 Å². The van der Waals surface area contributed by atoms with Crippen molar-refractivity contribution in [3.63, 3.8) is 0 Å². The summed E-state index contributed by atoms with van der Waals surface area (Å²) in [7, 11) is 0. The van der Waals surface area contributed by atoms with Gasteiger partial charge in [0.1, 0.15) is 0 Å². The molecule has 2 aromatic rings. The van der Waals surface area contributed by atoms with Gasteiger partial charge in [-0.25, -0.2) is 0 Å². The van der Waals surface area contributed by atoms with Gasteiger partial charge in [0.25, 0.3) is 0 Å². The van der Waals surface area contributed by atoms with Gasteiger partial charge in [-0.15, -0.1) is 0 Å². The molecular weight excluding hydrogens is 284 g/mol. The van der Waals surface area contributed by atoms with E-state index in [-0.39, 0.29) is 0 Å². The minimum atomic E-state index is 0.773. The number of hydrogen-bond acceptors (Lipinski definition) is 0. The predicted molar refractivity (Wildman–Crippen MR) is 72.9 cm³/mol. The van der Waals surface area contributed by atoms with Gasteiger partial charge in [-0.3, -0.25) is 0 Å². The minimum absolute atomic E-state index is 0.773. The van der Waals surface area contributed by atoms with Crippen LogP contribution in [0.1, 0.15) is 11.1 Å². The Kier molecular flexibility index (Phi) is 3.36. The predicted octanol–water partition coefficient (Wildman–Crippen LogP) is 5.19. The number of halogens is 2. The molecule has 0 saturated heterocycles. The van der Waals surface area contributed by atoms with Gasteiger partial charge in [0.2, 0.25) is 0 Å². The Morgan fingerprint density at radius 3 is 2.56 bits per heavy atom. The van der Waals surface area contributed by atoms with Gasteiger partial charge >= 0.3 is 0 Å². The summed E-state index contributed by atoms with van der Waals surface area (Å²) in [6.45, 7) is 4.13. The minimum Gasteiger partial charge on any atom is -0.0843 e. The van der Waals surface area contributed by atoms with Crippen molar-refractivity contribution in [1.82, 2.24) is 0 Å². The number of hydrogen-bond donors (Lipinski definition) is 0. The maximum Gasteiger partial charge on any atom is 0.0409 e. The van der Waals surface area contributed by atoms with Crippen LogP contribution in [0.5, 0.6) is 0 Å². The molecular formula is C14H11BrCl. The van der Waals surface area contributed by atoms with E-state index in [2.05, 4.69) is 41.9 Å². The van der Waals surface area contributed by atoms with E-state index >= 15 is 0 Å². The molecule has 81 valence electrons. The zero-order chi connectivity index (χ0) is 11.7.